The topological polar surface area (TPSA) is 252 Å². The number of nitrogens with two attached hydrogens (primary N) is 3. The van der Waals surface area contributed by atoms with Crippen LogP contribution in [-0.2, 0) is 24.0 Å². The van der Waals surface area contributed by atoms with Crippen molar-refractivity contribution in [2.45, 2.75) is 77.5 Å². The molecule has 0 saturated heterocycles. The number of amides is 3. The van der Waals surface area contributed by atoms with Gasteiger partial charge in [0.25, 0.3) is 0 Å². The number of nitrogens with one attached hydrogen (secondary N) is 3. The first kappa shape index (κ1) is 31.6. The zero-order chi connectivity index (χ0) is 27.3. The van der Waals surface area contributed by atoms with E-state index in [1.54, 1.807) is 13.8 Å². The summed E-state index contributed by atoms with van der Waals surface area (Å²) in [5.74, 6) is -5.35. The fraction of sp³-hybridized carbons (Fsp3) is 0.714. The fourth-order valence-corrected chi connectivity index (χ4v) is 3.07. The van der Waals surface area contributed by atoms with Gasteiger partial charge >= 0.3 is 11.9 Å². The maximum Gasteiger partial charge on any atom is 0.326 e. The Kier molecular flexibility index (Phi) is 14.0. The maximum absolute atomic E-state index is 13.0. The third kappa shape index (κ3) is 13.2. The van der Waals surface area contributed by atoms with Gasteiger partial charge in [0.05, 0.1) is 12.5 Å². The van der Waals surface area contributed by atoms with Gasteiger partial charge in [-0.2, -0.15) is 0 Å². The van der Waals surface area contributed by atoms with Crippen molar-refractivity contribution in [1.82, 2.24) is 16.0 Å². The molecule has 0 aromatic rings. The molecule has 0 aromatic heterocycles. The molecule has 200 valence electrons. The Balaban J connectivity index is 5.63. The van der Waals surface area contributed by atoms with E-state index >= 15 is 0 Å². The normalized spacial score (nSPS) is 14.4. The second-order valence-electron chi connectivity index (χ2n) is 8.97. The summed E-state index contributed by atoms with van der Waals surface area (Å²) in [7, 11) is 0. The van der Waals surface area contributed by atoms with Crippen molar-refractivity contribution in [3.8, 4) is 0 Å². The lowest BCUT2D eigenvalue weighted by atomic mass is 10.0. The number of nitrogens with zero attached hydrogens (tertiary/aromatic N) is 1. The number of aliphatic carboxylic acids is 2. The van der Waals surface area contributed by atoms with Crippen LogP contribution in [0.2, 0.25) is 0 Å². The van der Waals surface area contributed by atoms with E-state index in [2.05, 4.69) is 20.9 Å². The molecule has 4 unspecified atom stereocenters. The highest BCUT2D eigenvalue weighted by Crippen LogP contribution is 2.09. The third-order valence-corrected chi connectivity index (χ3v) is 4.88. The van der Waals surface area contributed by atoms with Crippen LogP contribution in [0.25, 0.3) is 0 Å². The first-order chi connectivity index (χ1) is 16.1. The number of aliphatic imine (C=N–C) groups is 1. The van der Waals surface area contributed by atoms with Crippen molar-refractivity contribution in [3.05, 3.63) is 0 Å². The fourth-order valence-electron chi connectivity index (χ4n) is 3.07. The zero-order valence-electron chi connectivity index (χ0n) is 20.6. The number of carboxylic acids is 2. The SMILES string of the molecule is CC(C)CC(NC(=O)C(N)CC(=O)O)C(=O)NC(CCCN=C(N)N)C(=O)NC(C(=O)O)C(C)C. The number of guanidine groups is 1. The molecule has 0 aliphatic carbocycles. The first-order valence-electron chi connectivity index (χ1n) is 11.3. The minimum Gasteiger partial charge on any atom is -0.481 e. The smallest absolute Gasteiger partial charge is 0.326 e. The van der Waals surface area contributed by atoms with E-state index in [0.717, 1.165) is 0 Å². The summed E-state index contributed by atoms with van der Waals surface area (Å²) in [6.45, 7) is 7.04. The third-order valence-electron chi connectivity index (χ3n) is 4.88. The summed E-state index contributed by atoms with van der Waals surface area (Å²) in [5, 5.41) is 25.6. The molecular formula is C21H39N7O7. The minimum atomic E-state index is -1.36. The molecule has 0 heterocycles. The molecule has 0 radical (unpaired) electrons. The van der Waals surface area contributed by atoms with Crippen molar-refractivity contribution in [1.29, 1.82) is 0 Å². The average molecular weight is 502 g/mol. The standard InChI is InChI=1S/C21H39N7O7/c1-10(2)8-14(27-17(31)12(22)9-15(29)30)19(33)26-13(6-5-7-25-21(23)24)18(32)28-16(11(3)4)20(34)35/h10-14,16H,5-9,22H2,1-4H3,(H,26,33)(H,27,31)(H,28,32)(H,29,30)(H,34,35)(H4,23,24,25). The molecule has 4 atom stereocenters. The van der Waals surface area contributed by atoms with Crippen molar-refractivity contribution in [2.75, 3.05) is 6.54 Å². The lowest BCUT2D eigenvalue weighted by molar-refractivity contribution is -0.143. The van der Waals surface area contributed by atoms with E-state index in [1.807, 2.05) is 13.8 Å². The van der Waals surface area contributed by atoms with Crippen molar-refractivity contribution >= 4 is 35.6 Å². The van der Waals surface area contributed by atoms with Gasteiger partial charge in [0, 0.05) is 6.54 Å². The largest absolute Gasteiger partial charge is 0.481 e. The summed E-state index contributed by atoms with van der Waals surface area (Å²) < 4.78 is 0. The highest BCUT2D eigenvalue weighted by molar-refractivity contribution is 5.94. The van der Waals surface area contributed by atoms with Crippen LogP contribution < -0.4 is 33.2 Å². The summed E-state index contributed by atoms with van der Waals surface area (Å²) in [6, 6.07) is -4.79. The Hall–Kier alpha value is -3.42. The number of carbonyl (C=O) groups is 5. The predicted molar refractivity (Wildman–Crippen MR) is 128 cm³/mol. The van der Waals surface area contributed by atoms with Crippen molar-refractivity contribution in [2.24, 2.45) is 34.0 Å². The van der Waals surface area contributed by atoms with Gasteiger partial charge in [0.1, 0.15) is 18.1 Å². The van der Waals surface area contributed by atoms with E-state index in [0.29, 0.717) is 6.42 Å². The molecule has 14 heteroatoms. The van der Waals surface area contributed by atoms with Crippen LogP contribution in [0.5, 0.6) is 0 Å². The molecule has 0 aliphatic rings. The Labute approximate surface area is 204 Å². The summed E-state index contributed by atoms with van der Waals surface area (Å²) in [4.78, 5) is 64.4. The Morgan fingerprint density at radius 1 is 0.857 bits per heavy atom. The molecule has 0 rings (SSSR count). The van der Waals surface area contributed by atoms with Crippen molar-refractivity contribution < 1.29 is 34.2 Å². The lowest BCUT2D eigenvalue weighted by Crippen LogP contribution is -2.58. The van der Waals surface area contributed by atoms with Crippen LogP contribution in [-0.4, -0.2) is 76.5 Å². The Bertz CT molecular complexity index is 782. The van der Waals surface area contributed by atoms with Gasteiger partial charge < -0.3 is 43.4 Å². The number of carboxylic acid groups (broad SMARTS) is 2. The Morgan fingerprint density at radius 2 is 1.40 bits per heavy atom. The second-order valence-corrected chi connectivity index (χ2v) is 8.97. The average Bonchev–Trinajstić information content (AvgIpc) is 2.71. The van der Waals surface area contributed by atoms with E-state index in [4.69, 9.17) is 22.3 Å². The molecule has 0 aliphatic heterocycles. The summed E-state index contributed by atoms with van der Waals surface area (Å²) in [5.41, 5.74) is 16.2. The molecule has 0 bridgehead atoms. The van der Waals surface area contributed by atoms with Crippen LogP contribution in [0, 0.1) is 11.8 Å². The Morgan fingerprint density at radius 3 is 1.86 bits per heavy atom. The van der Waals surface area contributed by atoms with Gasteiger partial charge in [0.15, 0.2) is 5.96 Å². The monoisotopic (exact) mass is 501 g/mol. The van der Waals surface area contributed by atoms with Gasteiger partial charge in [0.2, 0.25) is 17.7 Å². The summed E-state index contributed by atoms with van der Waals surface area (Å²) >= 11 is 0. The molecule has 11 N–H and O–H groups in total. The van der Waals surface area contributed by atoms with Crippen LogP contribution >= 0.6 is 0 Å². The van der Waals surface area contributed by atoms with E-state index in [-0.39, 0.29) is 31.3 Å². The molecule has 0 spiro atoms. The van der Waals surface area contributed by atoms with Crippen LogP contribution in [0.1, 0.15) is 53.4 Å². The lowest BCUT2D eigenvalue weighted by Gasteiger charge is -2.26. The molecule has 0 aromatic carbocycles. The first-order valence-corrected chi connectivity index (χ1v) is 11.3. The quantitative estimate of drug-likeness (QED) is 0.0661. The molecule has 0 fully saturated rings. The van der Waals surface area contributed by atoms with Gasteiger partial charge in [-0.1, -0.05) is 27.7 Å². The van der Waals surface area contributed by atoms with Crippen LogP contribution in [0.4, 0.5) is 0 Å². The molecule has 14 nitrogen and oxygen atoms in total. The van der Waals surface area contributed by atoms with Gasteiger partial charge in [-0.25, -0.2) is 4.79 Å². The second kappa shape index (κ2) is 15.5. The van der Waals surface area contributed by atoms with Crippen LogP contribution in [0.3, 0.4) is 0 Å². The van der Waals surface area contributed by atoms with Crippen molar-refractivity contribution in [3.63, 3.8) is 0 Å². The predicted octanol–water partition coefficient (Wildman–Crippen LogP) is -1.92. The number of rotatable bonds is 16. The van der Waals surface area contributed by atoms with Gasteiger partial charge in [-0.3, -0.25) is 24.2 Å². The number of carbonyl (C=O) groups excluding carboxylic acids is 3. The highest BCUT2D eigenvalue weighted by Gasteiger charge is 2.31. The van der Waals surface area contributed by atoms with Gasteiger partial charge in [-0.15, -0.1) is 0 Å². The molecular weight excluding hydrogens is 462 g/mol. The zero-order valence-corrected chi connectivity index (χ0v) is 20.6. The van der Waals surface area contributed by atoms with Crippen LogP contribution in [0.15, 0.2) is 4.99 Å². The highest BCUT2D eigenvalue weighted by atomic mass is 16.4. The molecule has 0 saturated carbocycles. The van der Waals surface area contributed by atoms with E-state index < -0.39 is 66.2 Å². The molecule has 3 amide bonds. The van der Waals surface area contributed by atoms with E-state index in [1.165, 1.54) is 0 Å². The minimum absolute atomic E-state index is 0.0479. The molecule has 35 heavy (non-hydrogen) atoms. The van der Waals surface area contributed by atoms with E-state index in [9.17, 15) is 29.1 Å². The number of hydrogen-bond donors (Lipinski definition) is 8. The number of hydrogen-bond acceptors (Lipinski definition) is 7. The summed E-state index contributed by atoms with van der Waals surface area (Å²) in [6.07, 6.45) is -0.0626. The maximum atomic E-state index is 13.0. The van der Waals surface area contributed by atoms with Gasteiger partial charge in [-0.05, 0) is 31.1 Å².